The number of anilines is 2. The van der Waals surface area contributed by atoms with Gasteiger partial charge in [-0.1, -0.05) is 31.5 Å². The number of hydrogen-bond donors (Lipinski definition) is 2. The molecule has 0 aliphatic heterocycles. The molecule has 22 heavy (non-hydrogen) atoms. The molecule has 0 bridgehead atoms. The molecule has 1 heterocycles. The Morgan fingerprint density at radius 2 is 2.05 bits per heavy atom. The van der Waals surface area contributed by atoms with Crippen molar-refractivity contribution >= 4 is 28.9 Å². The van der Waals surface area contributed by atoms with E-state index in [9.17, 15) is 4.79 Å². The van der Waals surface area contributed by atoms with Crippen molar-refractivity contribution in [2.75, 3.05) is 11.9 Å². The Hall–Kier alpha value is -2.07. The molecule has 0 spiro atoms. The van der Waals surface area contributed by atoms with Gasteiger partial charge in [-0.3, -0.25) is 9.78 Å². The van der Waals surface area contributed by atoms with E-state index < -0.39 is 0 Å². The number of aromatic nitrogens is 1. The summed E-state index contributed by atoms with van der Waals surface area (Å²) in [6.07, 6.45) is 4.19. The van der Waals surface area contributed by atoms with Crippen LogP contribution in [0.2, 0.25) is 5.02 Å². The van der Waals surface area contributed by atoms with Crippen LogP contribution in [0, 0.1) is 5.92 Å². The highest BCUT2D eigenvalue weighted by atomic mass is 35.5. The lowest BCUT2D eigenvalue weighted by atomic mass is 10.1. The predicted octanol–water partition coefficient (Wildman–Crippen LogP) is 4.25. The zero-order chi connectivity index (χ0) is 15.9. The molecule has 0 saturated heterocycles. The Morgan fingerprint density at radius 1 is 1.23 bits per heavy atom. The molecule has 0 atom stereocenters. The number of rotatable bonds is 6. The molecule has 0 radical (unpaired) electrons. The Labute approximate surface area is 135 Å². The third kappa shape index (κ3) is 5.04. The highest BCUT2D eigenvalue weighted by molar-refractivity contribution is 6.30. The zero-order valence-electron chi connectivity index (χ0n) is 12.8. The number of carbonyl (C=O) groups excluding carboxylic acids is 1. The minimum Gasteiger partial charge on any atom is -0.354 e. The maximum Gasteiger partial charge on any atom is 0.252 e. The standard InChI is InChI=1S/C17H20ClN3O/c1-12(2)6-7-20-17(22)13-8-16(11-19-10-13)21-15-5-3-4-14(18)9-15/h3-5,8-12,21H,6-7H2,1-2H3,(H,20,22). The summed E-state index contributed by atoms with van der Waals surface area (Å²) >= 11 is 5.96. The van der Waals surface area contributed by atoms with Crippen LogP contribution >= 0.6 is 11.6 Å². The highest BCUT2D eigenvalue weighted by Crippen LogP contribution is 2.20. The number of halogens is 1. The van der Waals surface area contributed by atoms with Gasteiger partial charge in [0.25, 0.3) is 5.91 Å². The molecular formula is C17H20ClN3O. The third-order valence-corrected chi connectivity index (χ3v) is 3.36. The van der Waals surface area contributed by atoms with Crippen molar-refractivity contribution in [1.29, 1.82) is 0 Å². The second-order valence-electron chi connectivity index (χ2n) is 5.54. The average Bonchev–Trinajstić information content (AvgIpc) is 2.47. The van der Waals surface area contributed by atoms with Crippen LogP contribution in [-0.2, 0) is 0 Å². The molecule has 0 aliphatic rings. The molecule has 2 rings (SSSR count). The minimum absolute atomic E-state index is 0.108. The van der Waals surface area contributed by atoms with E-state index in [1.165, 1.54) is 0 Å². The van der Waals surface area contributed by atoms with Gasteiger partial charge in [0.1, 0.15) is 0 Å². The summed E-state index contributed by atoms with van der Waals surface area (Å²) in [5.41, 5.74) is 2.14. The van der Waals surface area contributed by atoms with Crippen LogP contribution in [0.25, 0.3) is 0 Å². The molecule has 2 N–H and O–H groups in total. The Kier molecular flexibility index (Phi) is 5.78. The SMILES string of the molecule is CC(C)CCNC(=O)c1cncc(Nc2cccc(Cl)c2)c1. The summed E-state index contributed by atoms with van der Waals surface area (Å²) in [5, 5.41) is 6.74. The van der Waals surface area contributed by atoms with Gasteiger partial charge in [0.2, 0.25) is 0 Å². The number of carbonyl (C=O) groups is 1. The van der Waals surface area contributed by atoms with Crippen LogP contribution in [0.1, 0.15) is 30.6 Å². The summed E-state index contributed by atoms with van der Waals surface area (Å²) in [6.45, 7) is 4.93. The predicted molar refractivity (Wildman–Crippen MR) is 90.8 cm³/mol. The molecule has 116 valence electrons. The first-order chi connectivity index (χ1) is 10.5. The van der Waals surface area contributed by atoms with Gasteiger partial charge in [-0.25, -0.2) is 0 Å². The summed E-state index contributed by atoms with van der Waals surface area (Å²) in [6, 6.07) is 9.17. The van der Waals surface area contributed by atoms with Crippen molar-refractivity contribution in [3.05, 3.63) is 53.3 Å². The second kappa shape index (κ2) is 7.80. The van der Waals surface area contributed by atoms with E-state index in [1.54, 1.807) is 18.5 Å². The van der Waals surface area contributed by atoms with E-state index in [2.05, 4.69) is 29.5 Å². The number of amides is 1. The first-order valence-corrected chi connectivity index (χ1v) is 7.68. The van der Waals surface area contributed by atoms with Gasteiger partial charge in [0.05, 0.1) is 17.4 Å². The number of nitrogens with one attached hydrogen (secondary N) is 2. The van der Waals surface area contributed by atoms with E-state index >= 15 is 0 Å². The number of nitrogens with zero attached hydrogens (tertiary/aromatic N) is 1. The fourth-order valence-corrected chi connectivity index (χ4v) is 2.13. The van der Waals surface area contributed by atoms with Gasteiger partial charge in [0.15, 0.2) is 0 Å². The van der Waals surface area contributed by atoms with E-state index in [0.29, 0.717) is 23.0 Å². The molecule has 1 aromatic carbocycles. The van der Waals surface area contributed by atoms with Crippen LogP contribution < -0.4 is 10.6 Å². The molecule has 0 aliphatic carbocycles. The quantitative estimate of drug-likeness (QED) is 0.837. The topological polar surface area (TPSA) is 54.0 Å². The molecule has 2 aromatic rings. The second-order valence-corrected chi connectivity index (χ2v) is 5.97. The fraction of sp³-hybridized carbons (Fsp3) is 0.294. The van der Waals surface area contributed by atoms with Crippen molar-refractivity contribution in [3.8, 4) is 0 Å². The fourth-order valence-electron chi connectivity index (χ4n) is 1.94. The molecular weight excluding hydrogens is 298 g/mol. The van der Waals surface area contributed by atoms with Crippen molar-refractivity contribution in [2.24, 2.45) is 5.92 Å². The van der Waals surface area contributed by atoms with Crippen molar-refractivity contribution in [1.82, 2.24) is 10.3 Å². The first kappa shape index (κ1) is 16.3. The zero-order valence-corrected chi connectivity index (χ0v) is 13.5. The first-order valence-electron chi connectivity index (χ1n) is 7.30. The lowest BCUT2D eigenvalue weighted by Crippen LogP contribution is -2.25. The Bertz CT molecular complexity index is 643. The van der Waals surface area contributed by atoms with Gasteiger partial charge < -0.3 is 10.6 Å². The van der Waals surface area contributed by atoms with Gasteiger partial charge in [-0.15, -0.1) is 0 Å². The van der Waals surface area contributed by atoms with Gasteiger partial charge >= 0.3 is 0 Å². The lowest BCUT2D eigenvalue weighted by Gasteiger charge is -2.09. The van der Waals surface area contributed by atoms with E-state index in [-0.39, 0.29) is 5.91 Å². The Morgan fingerprint density at radius 3 is 2.77 bits per heavy atom. The van der Waals surface area contributed by atoms with Gasteiger partial charge in [-0.2, -0.15) is 0 Å². The third-order valence-electron chi connectivity index (χ3n) is 3.12. The smallest absolute Gasteiger partial charge is 0.252 e. The number of benzene rings is 1. The van der Waals surface area contributed by atoms with E-state index in [0.717, 1.165) is 17.8 Å². The molecule has 0 saturated carbocycles. The highest BCUT2D eigenvalue weighted by Gasteiger charge is 2.07. The van der Waals surface area contributed by atoms with Crippen LogP contribution in [-0.4, -0.2) is 17.4 Å². The molecule has 4 nitrogen and oxygen atoms in total. The van der Waals surface area contributed by atoms with Crippen molar-refractivity contribution in [3.63, 3.8) is 0 Å². The summed E-state index contributed by atoms with van der Waals surface area (Å²) in [5.74, 6) is 0.456. The van der Waals surface area contributed by atoms with E-state index in [4.69, 9.17) is 11.6 Å². The number of hydrogen-bond acceptors (Lipinski definition) is 3. The average molecular weight is 318 g/mol. The van der Waals surface area contributed by atoms with Crippen LogP contribution in [0.3, 0.4) is 0 Å². The van der Waals surface area contributed by atoms with Gasteiger partial charge in [0, 0.05) is 23.5 Å². The Balaban J connectivity index is 2.01. The van der Waals surface area contributed by atoms with Gasteiger partial charge in [-0.05, 0) is 36.6 Å². The monoisotopic (exact) mass is 317 g/mol. The molecule has 0 unspecified atom stereocenters. The maximum atomic E-state index is 12.1. The largest absolute Gasteiger partial charge is 0.354 e. The van der Waals surface area contributed by atoms with Crippen LogP contribution in [0.15, 0.2) is 42.7 Å². The van der Waals surface area contributed by atoms with Crippen LogP contribution in [0.4, 0.5) is 11.4 Å². The maximum absolute atomic E-state index is 12.1. The summed E-state index contributed by atoms with van der Waals surface area (Å²) in [7, 11) is 0. The molecule has 5 heteroatoms. The normalized spacial score (nSPS) is 10.5. The van der Waals surface area contributed by atoms with Crippen molar-refractivity contribution in [2.45, 2.75) is 20.3 Å². The number of pyridine rings is 1. The lowest BCUT2D eigenvalue weighted by molar-refractivity contribution is 0.0951. The minimum atomic E-state index is -0.108. The molecule has 0 fully saturated rings. The van der Waals surface area contributed by atoms with E-state index in [1.807, 2.05) is 24.3 Å². The summed E-state index contributed by atoms with van der Waals surface area (Å²) < 4.78 is 0. The summed E-state index contributed by atoms with van der Waals surface area (Å²) in [4.78, 5) is 16.2. The molecule has 1 amide bonds. The molecule has 1 aromatic heterocycles. The van der Waals surface area contributed by atoms with Crippen LogP contribution in [0.5, 0.6) is 0 Å². The van der Waals surface area contributed by atoms with Crippen molar-refractivity contribution < 1.29 is 4.79 Å².